The lowest BCUT2D eigenvalue weighted by Crippen LogP contribution is -2.26. The second kappa shape index (κ2) is 7.40. The summed E-state index contributed by atoms with van der Waals surface area (Å²) in [6.45, 7) is 0.475. The van der Waals surface area contributed by atoms with Crippen molar-refractivity contribution >= 4 is 21.8 Å². The van der Waals surface area contributed by atoms with Crippen molar-refractivity contribution in [1.29, 1.82) is 0 Å². The third-order valence-electron chi connectivity index (χ3n) is 3.53. The monoisotopic (exact) mass is 387 g/mol. The molecule has 0 aliphatic carbocycles. The second-order valence-electron chi connectivity index (χ2n) is 5.26. The summed E-state index contributed by atoms with van der Waals surface area (Å²) < 4.78 is 15.3. The Bertz CT molecular complexity index is 848. The minimum Gasteiger partial charge on any atom is -0.352 e. The number of para-hydroxylation sites is 1. The Labute approximate surface area is 147 Å². The first-order chi connectivity index (χ1) is 11.6. The molecular formula is C18H15BrFN3O. The molecule has 0 saturated heterocycles. The number of nitrogens with zero attached hydrogens (tertiary/aromatic N) is 2. The van der Waals surface area contributed by atoms with Gasteiger partial charge in [-0.2, -0.15) is 5.10 Å². The fourth-order valence-electron chi connectivity index (χ4n) is 2.30. The number of aromatic nitrogens is 2. The van der Waals surface area contributed by atoms with Crippen LogP contribution in [0.3, 0.4) is 0 Å². The molecule has 0 spiro atoms. The van der Waals surface area contributed by atoms with Gasteiger partial charge in [-0.05, 0) is 58.2 Å². The zero-order valence-corrected chi connectivity index (χ0v) is 14.3. The van der Waals surface area contributed by atoms with Crippen molar-refractivity contribution in [3.05, 3.63) is 82.3 Å². The van der Waals surface area contributed by atoms with Crippen LogP contribution in [0.5, 0.6) is 0 Å². The lowest BCUT2D eigenvalue weighted by molar-refractivity contribution is 0.0953. The molecule has 1 heterocycles. The van der Waals surface area contributed by atoms with Gasteiger partial charge in [-0.25, -0.2) is 9.07 Å². The Morgan fingerprint density at radius 2 is 2.00 bits per heavy atom. The van der Waals surface area contributed by atoms with E-state index in [0.717, 1.165) is 11.3 Å². The predicted molar refractivity (Wildman–Crippen MR) is 93.7 cm³/mol. The first-order valence-electron chi connectivity index (χ1n) is 7.46. The topological polar surface area (TPSA) is 46.9 Å². The molecule has 0 fully saturated rings. The van der Waals surface area contributed by atoms with Crippen LogP contribution in [0.1, 0.15) is 15.9 Å². The predicted octanol–water partition coefficient (Wildman–Crippen LogP) is 3.75. The first-order valence-corrected chi connectivity index (χ1v) is 8.25. The molecule has 0 bridgehead atoms. The number of carbonyl (C=O) groups is 1. The summed E-state index contributed by atoms with van der Waals surface area (Å²) in [5, 5.41) is 7.15. The van der Waals surface area contributed by atoms with Crippen LogP contribution >= 0.6 is 15.9 Å². The maximum absolute atomic E-state index is 13.1. The van der Waals surface area contributed by atoms with Gasteiger partial charge in [0.15, 0.2) is 0 Å². The number of amides is 1. The largest absolute Gasteiger partial charge is 0.352 e. The Morgan fingerprint density at radius 3 is 2.75 bits per heavy atom. The van der Waals surface area contributed by atoms with E-state index >= 15 is 0 Å². The maximum Gasteiger partial charge on any atom is 0.252 e. The molecule has 0 unspecified atom stereocenters. The van der Waals surface area contributed by atoms with E-state index in [2.05, 4.69) is 26.3 Å². The van der Waals surface area contributed by atoms with Gasteiger partial charge in [-0.1, -0.05) is 18.2 Å². The lowest BCUT2D eigenvalue weighted by Gasteiger charge is -2.06. The van der Waals surface area contributed by atoms with E-state index in [1.807, 2.05) is 36.5 Å². The Balaban J connectivity index is 1.57. The summed E-state index contributed by atoms with van der Waals surface area (Å²) >= 11 is 3.20. The minimum absolute atomic E-state index is 0.239. The van der Waals surface area contributed by atoms with Gasteiger partial charge in [-0.3, -0.25) is 4.79 Å². The standard InChI is InChI=1S/C18H15BrFN3O/c19-17-10-14(20)6-7-16(17)18(24)21-9-8-13-11-22-23(12-13)15-4-2-1-3-5-15/h1-7,10-12H,8-9H2,(H,21,24). The molecule has 24 heavy (non-hydrogen) atoms. The molecule has 0 atom stereocenters. The van der Waals surface area contributed by atoms with Crippen molar-refractivity contribution in [2.24, 2.45) is 0 Å². The molecule has 3 rings (SSSR count). The summed E-state index contributed by atoms with van der Waals surface area (Å²) in [5.74, 6) is -0.621. The highest BCUT2D eigenvalue weighted by atomic mass is 79.9. The number of hydrogen-bond donors (Lipinski definition) is 1. The van der Waals surface area contributed by atoms with Crippen LogP contribution in [0.4, 0.5) is 4.39 Å². The quantitative estimate of drug-likeness (QED) is 0.724. The van der Waals surface area contributed by atoms with Crippen LogP contribution in [0, 0.1) is 5.82 Å². The summed E-state index contributed by atoms with van der Waals surface area (Å²) in [4.78, 5) is 12.1. The summed E-state index contributed by atoms with van der Waals surface area (Å²) in [6.07, 6.45) is 4.39. The Hall–Kier alpha value is -2.47. The number of benzene rings is 2. The fraction of sp³-hybridized carbons (Fsp3) is 0.111. The molecule has 3 aromatic rings. The van der Waals surface area contributed by atoms with E-state index < -0.39 is 0 Å². The van der Waals surface area contributed by atoms with Gasteiger partial charge in [0.1, 0.15) is 5.82 Å². The van der Waals surface area contributed by atoms with Crippen molar-refractivity contribution < 1.29 is 9.18 Å². The highest BCUT2D eigenvalue weighted by molar-refractivity contribution is 9.10. The highest BCUT2D eigenvalue weighted by Crippen LogP contribution is 2.17. The average Bonchev–Trinajstić information content (AvgIpc) is 3.04. The molecule has 1 N–H and O–H groups in total. The molecule has 1 aromatic heterocycles. The smallest absolute Gasteiger partial charge is 0.252 e. The van der Waals surface area contributed by atoms with Gasteiger partial charge in [-0.15, -0.1) is 0 Å². The molecule has 4 nitrogen and oxygen atoms in total. The van der Waals surface area contributed by atoms with E-state index in [4.69, 9.17) is 0 Å². The van der Waals surface area contributed by atoms with Crippen LogP contribution in [-0.4, -0.2) is 22.2 Å². The summed E-state index contributed by atoms with van der Waals surface area (Å²) in [6, 6.07) is 13.8. The third kappa shape index (κ3) is 3.89. The first kappa shape index (κ1) is 16.4. The van der Waals surface area contributed by atoms with Crippen LogP contribution in [0.2, 0.25) is 0 Å². The van der Waals surface area contributed by atoms with Crippen molar-refractivity contribution in [1.82, 2.24) is 15.1 Å². The van der Waals surface area contributed by atoms with Gasteiger partial charge in [0.2, 0.25) is 0 Å². The van der Waals surface area contributed by atoms with Gasteiger partial charge in [0.05, 0.1) is 17.4 Å². The van der Waals surface area contributed by atoms with Gasteiger partial charge in [0, 0.05) is 17.2 Å². The fourth-order valence-corrected chi connectivity index (χ4v) is 2.83. The van der Waals surface area contributed by atoms with Gasteiger partial charge < -0.3 is 5.32 Å². The number of nitrogens with one attached hydrogen (secondary N) is 1. The van der Waals surface area contributed by atoms with E-state index in [9.17, 15) is 9.18 Å². The number of halogens is 2. The molecular weight excluding hydrogens is 373 g/mol. The zero-order valence-electron chi connectivity index (χ0n) is 12.7. The van der Waals surface area contributed by atoms with Crippen LogP contribution in [0.15, 0.2) is 65.4 Å². The minimum atomic E-state index is -0.383. The average molecular weight is 388 g/mol. The van der Waals surface area contributed by atoms with E-state index in [-0.39, 0.29) is 11.7 Å². The van der Waals surface area contributed by atoms with Crippen LogP contribution < -0.4 is 5.32 Å². The van der Waals surface area contributed by atoms with Gasteiger partial charge >= 0.3 is 0 Å². The normalized spacial score (nSPS) is 10.6. The van der Waals surface area contributed by atoms with Crippen molar-refractivity contribution in [3.63, 3.8) is 0 Å². The number of carbonyl (C=O) groups excluding carboxylic acids is 1. The third-order valence-corrected chi connectivity index (χ3v) is 4.19. The molecule has 122 valence electrons. The van der Waals surface area contributed by atoms with Crippen molar-refractivity contribution in [3.8, 4) is 5.69 Å². The molecule has 0 radical (unpaired) electrons. The maximum atomic E-state index is 13.1. The molecule has 1 amide bonds. The van der Waals surface area contributed by atoms with Crippen LogP contribution in [0.25, 0.3) is 5.69 Å². The zero-order chi connectivity index (χ0) is 16.9. The highest BCUT2D eigenvalue weighted by Gasteiger charge is 2.10. The SMILES string of the molecule is O=C(NCCc1cnn(-c2ccccc2)c1)c1ccc(F)cc1Br. The number of hydrogen-bond acceptors (Lipinski definition) is 2. The van der Waals surface area contributed by atoms with Crippen molar-refractivity contribution in [2.45, 2.75) is 6.42 Å². The molecule has 0 aliphatic rings. The molecule has 6 heteroatoms. The van der Waals surface area contributed by atoms with Gasteiger partial charge in [0.25, 0.3) is 5.91 Å². The van der Waals surface area contributed by atoms with E-state index in [0.29, 0.717) is 23.0 Å². The second-order valence-corrected chi connectivity index (χ2v) is 6.11. The summed E-state index contributed by atoms with van der Waals surface area (Å²) in [5.41, 5.74) is 2.43. The Morgan fingerprint density at radius 1 is 1.21 bits per heavy atom. The van der Waals surface area contributed by atoms with Crippen molar-refractivity contribution in [2.75, 3.05) is 6.54 Å². The van der Waals surface area contributed by atoms with Crippen LogP contribution in [-0.2, 0) is 6.42 Å². The summed E-state index contributed by atoms with van der Waals surface area (Å²) in [7, 11) is 0. The van der Waals surface area contributed by atoms with E-state index in [1.54, 1.807) is 10.9 Å². The van der Waals surface area contributed by atoms with E-state index in [1.165, 1.54) is 18.2 Å². The molecule has 2 aromatic carbocycles. The lowest BCUT2D eigenvalue weighted by atomic mass is 10.2. The molecule has 0 saturated carbocycles. The number of rotatable bonds is 5. The Kier molecular flexibility index (Phi) is 5.05. The molecule has 0 aliphatic heterocycles.